The number of methoxy groups -OCH3 is 1. The van der Waals surface area contributed by atoms with E-state index in [9.17, 15) is 15.0 Å². The third kappa shape index (κ3) is 7.52. The molecule has 7 nitrogen and oxygen atoms in total. The van der Waals surface area contributed by atoms with E-state index in [0.29, 0.717) is 18.9 Å². The number of nitrogens with zero attached hydrogens (tertiary/aromatic N) is 2. The van der Waals surface area contributed by atoms with Gasteiger partial charge in [-0.2, -0.15) is 5.10 Å². The van der Waals surface area contributed by atoms with E-state index in [2.05, 4.69) is 32.0 Å². The monoisotopic (exact) mass is 461 g/mol. The zero-order valence-electron chi connectivity index (χ0n) is 21.1. The van der Waals surface area contributed by atoms with E-state index < -0.39 is 24.0 Å². The van der Waals surface area contributed by atoms with Crippen LogP contribution in [0.3, 0.4) is 0 Å². The van der Waals surface area contributed by atoms with Gasteiger partial charge in [-0.3, -0.25) is 9.48 Å². The van der Waals surface area contributed by atoms with E-state index in [1.807, 2.05) is 25.6 Å². The van der Waals surface area contributed by atoms with Crippen LogP contribution >= 0.6 is 0 Å². The minimum absolute atomic E-state index is 0.0467. The lowest BCUT2D eigenvalue weighted by molar-refractivity contribution is -0.144. The van der Waals surface area contributed by atoms with E-state index in [1.165, 1.54) is 10.9 Å². The van der Waals surface area contributed by atoms with Crippen LogP contribution in [0.15, 0.2) is 18.2 Å². The molecule has 0 aliphatic heterocycles. The summed E-state index contributed by atoms with van der Waals surface area (Å²) < 4.78 is 7.12. The number of nitrogens with two attached hydrogens (primary N) is 1. The zero-order chi connectivity index (χ0) is 24.7. The van der Waals surface area contributed by atoms with Crippen LogP contribution in [0.4, 0.5) is 0 Å². The Hall–Kier alpha value is -1.96. The summed E-state index contributed by atoms with van der Waals surface area (Å²) in [5.74, 6) is -0.845. The molecule has 0 fully saturated rings. The average molecular weight is 462 g/mol. The van der Waals surface area contributed by atoms with E-state index in [4.69, 9.17) is 15.6 Å². The summed E-state index contributed by atoms with van der Waals surface area (Å²) in [5.41, 5.74) is 9.82. The Balaban J connectivity index is 2.13. The van der Waals surface area contributed by atoms with Crippen molar-refractivity contribution in [1.82, 2.24) is 9.78 Å². The molecule has 186 valence electrons. The molecule has 1 aromatic carbocycles. The van der Waals surface area contributed by atoms with E-state index in [-0.39, 0.29) is 18.3 Å². The second-order valence-corrected chi connectivity index (χ2v) is 10.1. The maximum atomic E-state index is 11.5. The van der Waals surface area contributed by atoms with Crippen LogP contribution in [-0.4, -0.2) is 51.8 Å². The number of rotatable bonds is 14. The zero-order valence-corrected chi connectivity index (χ0v) is 21.1. The Morgan fingerprint density at radius 3 is 2.45 bits per heavy atom. The van der Waals surface area contributed by atoms with Gasteiger partial charge in [0.25, 0.3) is 0 Å². The fourth-order valence-electron chi connectivity index (χ4n) is 4.57. The van der Waals surface area contributed by atoms with Gasteiger partial charge in [0.15, 0.2) is 0 Å². The summed E-state index contributed by atoms with van der Waals surface area (Å²) in [7, 11) is 3.69. The normalized spacial score (nSPS) is 15.8. The molecule has 0 spiro atoms. The second kappa shape index (κ2) is 12.5. The van der Waals surface area contributed by atoms with Crippen LogP contribution < -0.4 is 5.73 Å². The molecule has 7 heteroatoms. The molecule has 1 aromatic heterocycles. The molecule has 0 aliphatic carbocycles. The molecule has 0 bridgehead atoms. The summed E-state index contributed by atoms with van der Waals surface area (Å²) in [6.07, 6.45) is 2.66. The number of carboxylic acids is 1. The number of aliphatic carboxylic acids is 1. The van der Waals surface area contributed by atoms with Gasteiger partial charge in [-0.1, -0.05) is 33.8 Å². The van der Waals surface area contributed by atoms with Gasteiger partial charge < -0.3 is 20.7 Å². The van der Waals surface area contributed by atoms with Gasteiger partial charge in [0.1, 0.15) is 0 Å². The van der Waals surface area contributed by atoms with Gasteiger partial charge in [0.05, 0.1) is 23.2 Å². The van der Waals surface area contributed by atoms with Gasteiger partial charge in [-0.05, 0) is 67.6 Å². The molecule has 0 amide bonds. The predicted octanol–water partition coefficient (Wildman–Crippen LogP) is 3.79. The fraction of sp³-hybridized carbons (Fsp3) is 0.692. The van der Waals surface area contributed by atoms with Gasteiger partial charge in [0.2, 0.25) is 0 Å². The average Bonchev–Trinajstić information content (AvgIpc) is 3.05. The Morgan fingerprint density at radius 1 is 1.18 bits per heavy atom. The van der Waals surface area contributed by atoms with Crippen molar-refractivity contribution in [3.63, 3.8) is 0 Å². The number of carbonyl (C=O) groups is 1. The Morgan fingerprint density at radius 2 is 1.88 bits per heavy atom. The SMILES string of the molecule is COCCCc1nn(C)c2ccc(C[C@@H](C[C@H](N)[C@@H](O)C[C@H](C(=O)O)C(C)C)C(C)C)cc12. The molecule has 0 unspecified atom stereocenters. The number of aromatic nitrogens is 2. The molecule has 1 heterocycles. The molecule has 33 heavy (non-hydrogen) atoms. The topological polar surface area (TPSA) is 111 Å². The van der Waals surface area contributed by atoms with Crippen molar-refractivity contribution in [3.05, 3.63) is 29.5 Å². The highest BCUT2D eigenvalue weighted by Gasteiger charge is 2.29. The minimum atomic E-state index is -0.872. The third-order valence-electron chi connectivity index (χ3n) is 6.88. The number of hydrogen-bond acceptors (Lipinski definition) is 5. The fourth-order valence-corrected chi connectivity index (χ4v) is 4.57. The number of aliphatic hydroxyl groups excluding tert-OH is 1. The van der Waals surface area contributed by atoms with E-state index in [1.54, 1.807) is 7.11 Å². The maximum absolute atomic E-state index is 11.5. The molecule has 0 aliphatic rings. The van der Waals surface area contributed by atoms with Crippen molar-refractivity contribution in [3.8, 4) is 0 Å². The molecule has 0 saturated heterocycles. The summed E-state index contributed by atoms with van der Waals surface area (Å²) in [6, 6.07) is 6.06. The lowest BCUT2D eigenvalue weighted by atomic mass is 9.81. The number of hydrogen-bond donors (Lipinski definition) is 3. The molecular weight excluding hydrogens is 418 g/mol. The smallest absolute Gasteiger partial charge is 0.306 e. The van der Waals surface area contributed by atoms with Crippen molar-refractivity contribution in [2.24, 2.45) is 36.5 Å². The maximum Gasteiger partial charge on any atom is 0.306 e. The lowest BCUT2D eigenvalue weighted by Gasteiger charge is -2.29. The summed E-state index contributed by atoms with van der Waals surface area (Å²) >= 11 is 0. The Kier molecular flexibility index (Phi) is 10.3. The first-order valence-corrected chi connectivity index (χ1v) is 12.1. The molecule has 4 atom stereocenters. The first-order chi connectivity index (χ1) is 15.5. The van der Waals surface area contributed by atoms with Crippen LogP contribution in [-0.2, 0) is 29.4 Å². The molecule has 2 aromatic rings. The van der Waals surface area contributed by atoms with Crippen molar-refractivity contribution in [1.29, 1.82) is 0 Å². The molecule has 4 N–H and O–H groups in total. The van der Waals surface area contributed by atoms with Gasteiger partial charge in [-0.25, -0.2) is 0 Å². The van der Waals surface area contributed by atoms with Gasteiger partial charge in [0, 0.05) is 32.2 Å². The van der Waals surface area contributed by atoms with E-state index >= 15 is 0 Å². The number of benzene rings is 1. The van der Waals surface area contributed by atoms with Crippen LogP contribution in [0.5, 0.6) is 0 Å². The lowest BCUT2D eigenvalue weighted by Crippen LogP contribution is -2.40. The van der Waals surface area contributed by atoms with E-state index in [0.717, 1.165) is 30.5 Å². The highest BCUT2D eigenvalue weighted by Crippen LogP contribution is 2.28. The minimum Gasteiger partial charge on any atom is -0.481 e. The predicted molar refractivity (Wildman–Crippen MR) is 132 cm³/mol. The van der Waals surface area contributed by atoms with Gasteiger partial charge in [-0.15, -0.1) is 0 Å². The van der Waals surface area contributed by atoms with Crippen molar-refractivity contribution in [2.75, 3.05) is 13.7 Å². The third-order valence-corrected chi connectivity index (χ3v) is 6.88. The number of fused-ring (bicyclic) bond motifs is 1. The second-order valence-electron chi connectivity index (χ2n) is 10.1. The van der Waals surface area contributed by atoms with Crippen molar-refractivity contribution in [2.45, 2.75) is 71.9 Å². The number of aliphatic hydroxyl groups is 1. The van der Waals surface area contributed by atoms with Crippen molar-refractivity contribution >= 4 is 16.9 Å². The molecule has 0 saturated carbocycles. The Bertz CT molecular complexity index is 893. The standard InChI is InChI=1S/C26H43N3O4/c1-16(2)19(14-22(27)25(30)15-20(17(3)4)26(31)32)12-18-9-10-24-21(13-18)23(28-29(24)5)8-7-11-33-6/h9-10,13,16-17,19-20,22,25,30H,7-8,11-12,14-15,27H2,1-6H3,(H,31,32)/t19-,20-,22-,25-/m0/s1. The summed E-state index contributed by atoms with van der Waals surface area (Å²) in [4.78, 5) is 11.5. The first kappa shape index (κ1) is 27.3. The molecule has 2 rings (SSSR count). The highest BCUT2D eigenvalue weighted by atomic mass is 16.5. The number of carboxylic acid groups (broad SMARTS) is 1. The number of aryl methyl sites for hydroxylation is 2. The van der Waals surface area contributed by atoms with Crippen LogP contribution in [0.1, 0.15) is 58.2 Å². The Labute approximate surface area is 198 Å². The van der Waals surface area contributed by atoms with Crippen LogP contribution in [0.25, 0.3) is 10.9 Å². The van der Waals surface area contributed by atoms with Crippen LogP contribution in [0.2, 0.25) is 0 Å². The van der Waals surface area contributed by atoms with Gasteiger partial charge >= 0.3 is 5.97 Å². The molecular formula is C26H43N3O4. The summed E-state index contributed by atoms with van der Waals surface area (Å²) in [6.45, 7) is 8.80. The largest absolute Gasteiger partial charge is 0.481 e. The highest BCUT2D eigenvalue weighted by molar-refractivity contribution is 5.82. The number of ether oxygens (including phenoxy) is 1. The van der Waals surface area contributed by atoms with Crippen LogP contribution in [0, 0.1) is 23.7 Å². The summed E-state index contributed by atoms with van der Waals surface area (Å²) in [5, 5.41) is 26.0. The molecule has 0 radical (unpaired) electrons. The quantitative estimate of drug-likeness (QED) is 0.369. The van der Waals surface area contributed by atoms with Crippen molar-refractivity contribution < 1.29 is 19.7 Å². The first-order valence-electron chi connectivity index (χ1n) is 12.1.